The summed E-state index contributed by atoms with van der Waals surface area (Å²) in [5.41, 5.74) is 1.39. The zero-order chi connectivity index (χ0) is 20.3. The summed E-state index contributed by atoms with van der Waals surface area (Å²) < 4.78 is 5.44. The Labute approximate surface area is 168 Å². The summed E-state index contributed by atoms with van der Waals surface area (Å²) in [5, 5.41) is 2.96. The van der Waals surface area contributed by atoms with Gasteiger partial charge >= 0.3 is 6.09 Å². The summed E-state index contributed by atoms with van der Waals surface area (Å²) in [6.45, 7) is 10.5. The fourth-order valence-corrected chi connectivity index (χ4v) is 3.83. The highest BCUT2D eigenvalue weighted by atomic mass is 16.6. The second kappa shape index (κ2) is 8.41. The summed E-state index contributed by atoms with van der Waals surface area (Å²) in [6.07, 6.45) is 3.50. The van der Waals surface area contributed by atoms with Gasteiger partial charge in [0.05, 0.1) is 0 Å². The highest BCUT2D eigenvalue weighted by Gasteiger charge is 2.36. The van der Waals surface area contributed by atoms with Crippen molar-refractivity contribution in [2.24, 2.45) is 5.92 Å². The number of ether oxygens (including phenoxy) is 1. The molecule has 2 aliphatic rings. The SMILES string of the molecule is CC1CCN(c2ccc(NC(=O)[C@@H]3CCCN3C(=O)OC(C)(C)C)cc2)CC1. The van der Waals surface area contributed by atoms with Crippen molar-refractivity contribution < 1.29 is 14.3 Å². The molecule has 1 aromatic carbocycles. The average Bonchev–Trinajstić information content (AvgIpc) is 3.12. The second-order valence-corrected chi connectivity index (χ2v) is 9.04. The average molecular weight is 388 g/mol. The van der Waals surface area contributed by atoms with Crippen LogP contribution in [0.2, 0.25) is 0 Å². The first-order valence-electron chi connectivity index (χ1n) is 10.4. The number of carbonyl (C=O) groups is 2. The van der Waals surface area contributed by atoms with Crippen molar-refractivity contribution in [1.82, 2.24) is 4.90 Å². The number of carbonyl (C=O) groups excluding carboxylic acids is 2. The lowest BCUT2D eigenvalue weighted by Gasteiger charge is -2.32. The lowest BCUT2D eigenvalue weighted by atomic mass is 9.99. The van der Waals surface area contributed by atoms with E-state index in [0.29, 0.717) is 13.0 Å². The fraction of sp³-hybridized carbons (Fsp3) is 0.636. The van der Waals surface area contributed by atoms with Gasteiger partial charge in [-0.05, 0) is 76.6 Å². The Bertz CT molecular complexity index is 688. The lowest BCUT2D eigenvalue weighted by Crippen LogP contribution is -2.45. The molecular formula is C22H33N3O3. The molecular weight excluding hydrogens is 354 g/mol. The normalized spacial score (nSPS) is 20.9. The quantitative estimate of drug-likeness (QED) is 0.842. The Morgan fingerprint density at radius 2 is 1.68 bits per heavy atom. The summed E-state index contributed by atoms with van der Waals surface area (Å²) >= 11 is 0. The molecule has 0 saturated carbocycles. The Morgan fingerprint density at radius 1 is 1.04 bits per heavy atom. The molecule has 2 amide bonds. The highest BCUT2D eigenvalue weighted by Crippen LogP contribution is 2.26. The minimum atomic E-state index is -0.567. The molecule has 2 fully saturated rings. The van der Waals surface area contributed by atoms with Gasteiger partial charge in [-0.15, -0.1) is 0 Å². The van der Waals surface area contributed by atoms with Crippen molar-refractivity contribution >= 4 is 23.4 Å². The molecule has 28 heavy (non-hydrogen) atoms. The van der Waals surface area contributed by atoms with Crippen LogP contribution in [-0.4, -0.2) is 48.2 Å². The van der Waals surface area contributed by atoms with Crippen molar-refractivity contribution in [2.75, 3.05) is 29.9 Å². The van der Waals surface area contributed by atoms with E-state index < -0.39 is 17.7 Å². The molecule has 6 heteroatoms. The summed E-state index contributed by atoms with van der Waals surface area (Å²) in [4.78, 5) is 29.1. The molecule has 1 atom stereocenters. The second-order valence-electron chi connectivity index (χ2n) is 9.04. The van der Waals surface area contributed by atoms with Crippen LogP contribution in [0.15, 0.2) is 24.3 Å². The first-order valence-corrected chi connectivity index (χ1v) is 10.4. The monoisotopic (exact) mass is 387 g/mol. The van der Waals surface area contributed by atoms with Gasteiger partial charge in [0.25, 0.3) is 0 Å². The van der Waals surface area contributed by atoms with Crippen molar-refractivity contribution in [3.8, 4) is 0 Å². The number of nitrogens with one attached hydrogen (secondary N) is 1. The van der Waals surface area contributed by atoms with Gasteiger partial charge in [-0.2, -0.15) is 0 Å². The first-order chi connectivity index (χ1) is 13.2. The Morgan fingerprint density at radius 3 is 2.29 bits per heavy atom. The molecule has 2 aliphatic heterocycles. The van der Waals surface area contributed by atoms with E-state index in [9.17, 15) is 9.59 Å². The number of piperidine rings is 1. The first kappa shape index (κ1) is 20.5. The molecule has 3 rings (SSSR count). The van der Waals surface area contributed by atoms with E-state index in [1.165, 1.54) is 18.5 Å². The van der Waals surface area contributed by atoms with Gasteiger partial charge in [-0.25, -0.2) is 4.79 Å². The molecule has 0 aliphatic carbocycles. The van der Waals surface area contributed by atoms with E-state index >= 15 is 0 Å². The maximum atomic E-state index is 12.7. The van der Waals surface area contributed by atoms with Crippen molar-refractivity contribution in [3.63, 3.8) is 0 Å². The van der Waals surface area contributed by atoms with E-state index in [4.69, 9.17) is 4.74 Å². The molecule has 2 saturated heterocycles. The zero-order valence-corrected chi connectivity index (χ0v) is 17.5. The summed E-state index contributed by atoms with van der Waals surface area (Å²) in [6, 6.07) is 7.53. The van der Waals surface area contributed by atoms with Crippen LogP contribution in [0.3, 0.4) is 0 Å². The molecule has 0 radical (unpaired) electrons. The van der Waals surface area contributed by atoms with Crippen LogP contribution in [0.4, 0.5) is 16.2 Å². The third-order valence-electron chi connectivity index (χ3n) is 5.47. The van der Waals surface area contributed by atoms with Crippen molar-refractivity contribution in [3.05, 3.63) is 24.3 Å². The predicted molar refractivity (Wildman–Crippen MR) is 112 cm³/mol. The molecule has 6 nitrogen and oxygen atoms in total. The minimum Gasteiger partial charge on any atom is -0.444 e. The smallest absolute Gasteiger partial charge is 0.410 e. The van der Waals surface area contributed by atoms with Crippen LogP contribution in [0, 0.1) is 5.92 Å². The molecule has 1 aromatic rings. The maximum absolute atomic E-state index is 12.7. The van der Waals surface area contributed by atoms with Gasteiger partial charge in [0, 0.05) is 31.0 Å². The van der Waals surface area contributed by atoms with Crippen LogP contribution in [0.25, 0.3) is 0 Å². The van der Waals surface area contributed by atoms with Crippen LogP contribution >= 0.6 is 0 Å². The lowest BCUT2D eigenvalue weighted by molar-refractivity contribution is -0.120. The fourth-order valence-electron chi connectivity index (χ4n) is 3.83. The summed E-state index contributed by atoms with van der Waals surface area (Å²) in [7, 11) is 0. The molecule has 0 unspecified atom stereocenters. The number of benzene rings is 1. The van der Waals surface area contributed by atoms with Gasteiger partial charge in [-0.1, -0.05) is 6.92 Å². The molecule has 0 spiro atoms. The van der Waals surface area contributed by atoms with Gasteiger partial charge < -0.3 is 15.0 Å². The molecule has 0 aromatic heterocycles. The molecule has 1 N–H and O–H groups in total. The third kappa shape index (κ3) is 5.18. The molecule has 0 bridgehead atoms. The standard InChI is InChI=1S/C22H33N3O3/c1-16-11-14-24(15-12-16)18-9-7-17(8-10-18)23-20(26)19-6-5-13-25(19)21(27)28-22(2,3)4/h7-10,16,19H,5-6,11-15H2,1-4H3,(H,23,26)/t19-/m0/s1. The van der Waals surface area contributed by atoms with Gasteiger partial charge in [0.1, 0.15) is 11.6 Å². The predicted octanol–water partition coefficient (Wildman–Crippen LogP) is 4.26. The number of likely N-dealkylation sites (tertiary alicyclic amines) is 1. The molecule has 154 valence electrons. The number of rotatable bonds is 3. The summed E-state index contributed by atoms with van der Waals surface area (Å²) in [5.74, 6) is 0.650. The maximum Gasteiger partial charge on any atom is 0.410 e. The number of anilines is 2. The van der Waals surface area contributed by atoms with E-state index in [-0.39, 0.29) is 5.91 Å². The topological polar surface area (TPSA) is 61.9 Å². The Hall–Kier alpha value is -2.24. The van der Waals surface area contributed by atoms with Crippen molar-refractivity contribution in [2.45, 2.75) is 65.0 Å². The van der Waals surface area contributed by atoms with E-state index in [0.717, 1.165) is 31.1 Å². The van der Waals surface area contributed by atoms with Gasteiger partial charge in [-0.3, -0.25) is 9.69 Å². The number of amides is 2. The van der Waals surface area contributed by atoms with E-state index in [2.05, 4.69) is 29.3 Å². The number of hydrogen-bond acceptors (Lipinski definition) is 4. The highest BCUT2D eigenvalue weighted by molar-refractivity contribution is 5.97. The Balaban J connectivity index is 1.58. The van der Waals surface area contributed by atoms with Gasteiger partial charge in [0.2, 0.25) is 5.91 Å². The minimum absolute atomic E-state index is 0.150. The van der Waals surface area contributed by atoms with E-state index in [1.54, 1.807) is 4.90 Å². The van der Waals surface area contributed by atoms with E-state index in [1.807, 2.05) is 32.9 Å². The number of nitrogens with zero attached hydrogens (tertiary/aromatic N) is 2. The van der Waals surface area contributed by atoms with Crippen LogP contribution in [0.1, 0.15) is 53.4 Å². The van der Waals surface area contributed by atoms with Crippen LogP contribution in [-0.2, 0) is 9.53 Å². The number of hydrogen-bond donors (Lipinski definition) is 1. The largest absolute Gasteiger partial charge is 0.444 e. The Kier molecular flexibility index (Phi) is 6.16. The molecule has 2 heterocycles. The van der Waals surface area contributed by atoms with Crippen LogP contribution < -0.4 is 10.2 Å². The van der Waals surface area contributed by atoms with Crippen molar-refractivity contribution in [1.29, 1.82) is 0 Å². The van der Waals surface area contributed by atoms with Gasteiger partial charge in [0.15, 0.2) is 0 Å². The third-order valence-corrected chi connectivity index (χ3v) is 5.47. The zero-order valence-electron chi connectivity index (χ0n) is 17.5. The van der Waals surface area contributed by atoms with Crippen LogP contribution in [0.5, 0.6) is 0 Å².